The first-order chi connectivity index (χ1) is 13.5. The van der Waals surface area contributed by atoms with Gasteiger partial charge >= 0.3 is 0 Å². The fraction of sp³-hybridized carbons (Fsp3) is 0.364. The second-order valence-corrected chi connectivity index (χ2v) is 7.04. The Kier molecular flexibility index (Phi) is 6.31. The quantitative estimate of drug-likeness (QED) is 0.720. The van der Waals surface area contributed by atoms with Crippen LogP contribution in [0.15, 0.2) is 42.5 Å². The average Bonchev–Trinajstić information content (AvgIpc) is 3.15. The van der Waals surface area contributed by atoms with Crippen LogP contribution in [0.2, 0.25) is 0 Å². The normalized spacial score (nSPS) is 18.5. The lowest BCUT2D eigenvalue weighted by Gasteiger charge is -2.23. The van der Waals surface area contributed by atoms with E-state index in [1.165, 1.54) is 11.8 Å². The number of carbonyl (C=O) groups excluding carboxylic acids is 2. The van der Waals surface area contributed by atoms with Crippen LogP contribution in [-0.4, -0.2) is 39.0 Å². The first-order valence-corrected chi connectivity index (χ1v) is 9.49. The first kappa shape index (κ1) is 19.9. The molecule has 2 aromatic rings. The molecule has 0 aromatic heterocycles. The van der Waals surface area contributed by atoms with E-state index in [9.17, 15) is 9.59 Å². The zero-order valence-corrected chi connectivity index (χ0v) is 16.6. The fourth-order valence-corrected chi connectivity index (χ4v) is 3.90. The monoisotopic (exact) mass is 383 g/mol. The average molecular weight is 383 g/mol. The summed E-state index contributed by atoms with van der Waals surface area (Å²) >= 11 is 0. The van der Waals surface area contributed by atoms with Gasteiger partial charge in [-0.1, -0.05) is 12.1 Å². The van der Waals surface area contributed by atoms with Gasteiger partial charge in [-0.15, -0.1) is 0 Å². The lowest BCUT2D eigenvalue weighted by atomic mass is 10.0. The summed E-state index contributed by atoms with van der Waals surface area (Å²) in [5.74, 6) is 1.37. The number of hydrogen-bond acceptors (Lipinski definition) is 4. The molecule has 6 nitrogen and oxygen atoms in total. The van der Waals surface area contributed by atoms with E-state index in [2.05, 4.69) is 5.32 Å². The molecule has 1 unspecified atom stereocenters. The highest BCUT2D eigenvalue weighted by molar-refractivity contribution is 6.03. The van der Waals surface area contributed by atoms with Crippen molar-refractivity contribution in [3.8, 4) is 11.5 Å². The third-order valence-electron chi connectivity index (χ3n) is 5.27. The highest BCUT2D eigenvalue weighted by Gasteiger charge is 2.33. The van der Waals surface area contributed by atoms with Crippen LogP contribution >= 0.6 is 0 Å². The number of ether oxygens (including phenoxy) is 2. The van der Waals surface area contributed by atoms with Gasteiger partial charge in [0.25, 0.3) is 5.91 Å². The summed E-state index contributed by atoms with van der Waals surface area (Å²) in [7, 11) is 3.28. The molecule has 2 aromatic carbocycles. The van der Waals surface area contributed by atoms with E-state index in [1.807, 2.05) is 24.3 Å². The van der Waals surface area contributed by atoms with Crippen LogP contribution in [0.3, 0.4) is 0 Å². The van der Waals surface area contributed by atoms with Crippen molar-refractivity contribution in [2.45, 2.75) is 25.8 Å². The third kappa shape index (κ3) is 4.34. The number of hydrogen-bond donors (Lipinski definition) is 2. The van der Waals surface area contributed by atoms with Gasteiger partial charge in [-0.25, -0.2) is 0 Å². The molecule has 0 spiro atoms. The van der Waals surface area contributed by atoms with Crippen molar-refractivity contribution in [1.82, 2.24) is 0 Å². The van der Waals surface area contributed by atoms with Crippen LogP contribution in [0.25, 0.3) is 0 Å². The summed E-state index contributed by atoms with van der Waals surface area (Å²) in [6, 6.07) is 13.1. The molecule has 0 radical (unpaired) electrons. The molecule has 0 saturated carbocycles. The van der Waals surface area contributed by atoms with Crippen LogP contribution in [0.5, 0.6) is 11.5 Å². The molecule has 28 heavy (non-hydrogen) atoms. The number of methoxy groups -OCH3 is 2. The maximum Gasteiger partial charge on any atom is 0.279 e. The lowest BCUT2D eigenvalue weighted by Crippen LogP contribution is -3.11. The van der Waals surface area contributed by atoms with Gasteiger partial charge in [0.05, 0.1) is 32.0 Å². The van der Waals surface area contributed by atoms with Crippen molar-refractivity contribution < 1.29 is 24.0 Å². The summed E-state index contributed by atoms with van der Waals surface area (Å²) < 4.78 is 10.8. The number of nitrogens with one attached hydrogen (secondary N) is 2. The number of ketones is 1. The molecule has 3 rings (SSSR count). The van der Waals surface area contributed by atoms with Crippen LogP contribution in [0.4, 0.5) is 5.69 Å². The Hall–Kier alpha value is -2.86. The second kappa shape index (κ2) is 8.89. The number of Topliss-reactive ketones (excluding diaryl/α,β-unsaturated/α-hetero) is 1. The molecule has 6 heteroatoms. The molecule has 1 heterocycles. The van der Waals surface area contributed by atoms with Crippen LogP contribution in [0, 0.1) is 0 Å². The fourth-order valence-electron chi connectivity index (χ4n) is 3.90. The Morgan fingerprint density at radius 3 is 2.64 bits per heavy atom. The van der Waals surface area contributed by atoms with Gasteiger partial charge in [-0.05, 0) is 31.2 Å². The number of para-hydroxylation sites is 1. The molecule has 2 N–H and O–H groups in total. The summed E-state index contributed by atoms with van der Waals surface area (Å²) in [6.45, 7) is 2.76. The number of likely N-dealkylation sites (tertiary alicyclic amines) is 1. The Labute approximate surface area is 165 Å². The number of amides is 1. The first-order valence-electron chi connectivity index (χ1n) is 9.49. The zero-order chi connectivity index (χ0) is 20.1. The number of anilines is 1. The molecule has 1 fully saturated rings. The van der Waals surface area contributed by atoms with Crippen molar-refractivity contribution in [2.24, 2.45) is 0 Å². The molecule has 1 saturated heterocycles. The standard InChI is InChI=1S/C22H26N2O4/c1-15(25)17-7-4-5-8-19(17)23-22(26)14-24-12-6-9-20(24)18-11-10-16(27-2)13-21(18)28-3/h4-5,7-8,10-11,13,20H,6,9,12,14H2,1-3H3,(H,23,26)/p+1/t20-/m0/s1. The predicted molar refractivity (Wildman–Crippen MR) is 107 cm³/mol. The van der Waals surface area contributed by atoms with Crippen molar-refractivity contribution in [1.29, 1.82) is 0 Å². The minimum atomic E-state index is -0.0944. The minimum absolute atomic E-state index is 0.0646. The molecule has 1 amide bonds. The smallest absolute Gasteiger partial charge is 0.279 e. The van der Waals surface area contributed by atoms with Crippen LogP contribution < -0.4 is 19.7 Å². The molecule has 0 aliphatic carbocycles. The number of carbonyl (C=O) groups is 2. The van der Waals surface area contributed by atoms with Crippen molar-refractivity contribution in [3.05, 3.63) is 53.6 Å². The van der Waals surface area contributed by atoms with E-state index < -0.39 is 0 Å². The van der Waals surface area contributed by atoms with Gasteiger partial charge in [0.15, 0.2) is 12.3 Å². The molecule has 1 aliphatic rings. The van der Waals surface area contributed by atoms with Crippen LogP contribution in [0.1, 0.15) is 41.7 Å². The van der Waals surface area contributed by atoms with E-state index in [1.54, 1.807) is 32.4 Å². The molecule has 1 aliphatic heterocycles. The topological polar surface area (TPSA) is 69.1 Å². The lowest BCUT2D eigenvalue weighted by molar-refractivity contribution is -0.910. The van der Waals surface area contributed by atoms with Crippen LogP contribution in [-0.2, 0) is 4.79 Å². The third-order valence-corrected chi connectivity index (χ3v) is 5.27. The van der Waals surface area contributed by atoms with Crippen molar-refractivity contribution in [3.63, 3.8) is 0 Å². The van der Waals surface area contributed by atoms with Gasteiger partial charge in [0, 0.05) is 24.5 Å². The largest absolute Gasteiger partial charge is 0.497 e. The van der Waals surface area contributed by atoms with Gasteiger partial charge in [0.2, 0.25) is 0 Å². The summed E-state index contributed by atoms with van der Waals surface area (Å²) in [6.07, 6.45) is 2.04. The molecular weight excluding hydrogens is 356 g/mol. The highest BCUT2D eigenvalue weighted by Crippen LogP contribution is 2.31. The van der Waals surface area contributed by atoms with Gasteiger partial charge in [0.1, 0.15) is 17.5 Å². The van der Waals surface area contributed by atoms with E-state index >= 15 is 0 Å². The summed E-state index contributed by atoms with van der Waals surface area (Å²) in [5.41, 5.74) is 2.19. The number of quaternary nitrogens is 1. The Morgan fingerprint density at radius 2 is 1.93 bits per heavy atom. The van der Waals surface area contributed by atoms with E-state index in [0.717, 1.165) is 36.4 Å². The second-order valence-electron chi connectivity index (χ2n) is 7.04. The molecule has 148 valence electrons. The van der Waals surface area contributed by atoms with E-state index in [0.29, 0.717) is 17.8 Å². The Morgan fingerprint density at radius 1 is 1.14 bits per heavy atom. The van der Waals surface area contributed by atoms with Gasteiger partial charge in [-0.2, -0.15) is 0 Å². The maximum atomic E-state index is 12.7. The minimum Gasteiger partial charge on any atom is -0.497 e. The van der Waals surface area contributed by atoms with Crippen molar-refractivity contribution in [2.75, 3.05) is 32.6 Å². The van der Waals surface area contributed by atoms with Crippen molar-refractivity contribution >= 4 is 17.4 Å². The molecule has 0 bridgehead atoms. The highest BCUT2D eigenvalue weighted by atomic mass is 16.5. The Balaban J connectivity index is 1.74. The SMILES string of the molecule is COc1ccc([C@@H]2CCC[NH+]2CC(=O)Nc2ccccc2C(C)=O)c(OC)c1. The van der Waals surface area contributed by atoms with Gasteiger partial charge in [-0.3, -0.25) is 9.59 Å². The van der Waals surface area contributed by atoms with E-state index in [-0.39, 0.29) is 17.7 Å². The number of rotatable bonds is 7. The number of benzene rings is 2. The maximum absolute atomic E-state index is 12.7. The molecular formula is C22H27N2O4+. The Bertz CT molecular complexity index is 865. The van der Waals surface area contributed by atoms with Gasteiger partial charge < -0.3 is 19.7 Å². The predicted octanol–water partition coefficient (Wildman–Crippen LogP) is 2.26. The summed E-state index contributed by atoms with van der Waals surface area (Å²) in [4.78, 5) is 25.6. The summed E-state index contributed by atoms with van der Waals surface area (Å²) in [5, 5.41) is 2.91. The zero-order valence-electron chi connectivity index (χ0n) is 16.6. The molecule has 2 atom stereocenters. The van der Waals surface area contributed by atoms with E-state index in [4.69, 9.17) is 9.47 Å².